The number of esters is 1. The summed E-state index contributed by atoms with van der Waals surface area (Å²) in [6.07, 6.45) is 2.65. The molecule has 0 spiro atoms. The molecule has 1 aromatic heterocycles. The van der Waals surface area contributed by atoms with Gasteiger partial charge in [0.15, 0.2) is 24.7 Å². The Hall–Kier alpha value is -4.18. The normalized spacial score (nSPS) is 11.6. The Morgan fingerprint density at radius 2 is 1.86 bits per heavy atom. The smallest absolute Gasteiger partial charge is 0.331 e. The minimum Gasteiger partial charge on any atom is -0.493 e. The summed E-state index contributed by atoms with van der Waals surface area (Å²) in [7, 11) is 1.43. The molecular formula is C25H23FN2O6S. The Balaban J connectivity index is 1.57. The summed E-state index contributed by atoms with van der Waals surface area (Å²) in [4.78, 5) is 36.3. The molecule has 3 aromatic rings. The first-order valence-corrected chi connectivity index (χ1v) is 11.3. The van der Waals surface area contributed by atoms with Gasteiger partial charge in [0.05, 0.1) is 13.2 Å². The molecule has 1 atom stereocenters. The maximum atomic E-state index is 13.3. The third-order valence-electron chi connectivity index (χ3n) is 4.65. The second-order valence-corrected chi connectivity index (χ2v) is 8.15. The summed E-state index contributed by atoms with van der Waals surface area (Å²) >= 11 is 1.44. The van der Waals surface area contributed by atoms with E-state index in [1.807, 2.05) is 17.5 Å². The highest BCUT2D eigenvalue weighted by molar-refractivity contribution is 7.10. The van der Waals surface area contributed by atoms with Crippen LogP contribution in [0, 0.1) is 5.82 Å². The van der Waals surface area contributed by atoms with Gasteiger partial charge >= 0.3 is 5.97 Å². The van der Waals surface area contributed by atoms with Gasteiger partial charge in [-0.25, -0.2) is 9.18 Å². The van der Waals surface area contributed by atoms with Crippen molar-refractivity contribution in [2.75, 3.05) is 20.3 Å². The van der Waals surface area contributed by atoms with Gasteiger partial charge < -0.3 is 25.3 Å². The van der Waals surface area contributed by atoms with Crippen molar-refractivity contribution >= 4 is 35.2 Å². The van der Waals surface area contributed by atoms with E-state index in [1.165, 1.54) is 42.7 Å². The number of nitrogens with one attached hydrogen (secondary N) is 1. The number of hydrogen-bond donors (Lipinski definition) is 2. The van der Waals surface area contributed by atoms with Crippen LogP contribution < -0.4 is 20.5 Å². The minimum absolute atomic E-state index is 0.297. The molecule has 1 heterocycles. The Bertz CT molecular complexity index is 1200. The van der Waals surface area contributed by atoms with Crippen molar-refractivity contribution in [2.45, 2.75) is 6.04 Å². The standard InChI is InChI=1S/C25H23FN2O6S/c1-32-20-13-16(4-10-19(20)33-14-22(27)29)5-11-24(31)34-15-23(30)28-25(21-3-2-12-35-21)17-6-8-18(26)9-7-17/h2-13,25H,14-15H2,1H3,(H2,27,29)(H,28,30)/b11-5+. The van der Waals surface area contributed by atoms with Gasteiger partial charge in [0, 0.05) is 11.0 Å². The lowest BCUT2D eigenvalue weighted by Crippen LogP contribution is -2.32. The molecule has 8 nitrogen and oxygen atoms in total. The fourth-order valence-corrected chi connectivity index (χ4v) is 3.84. The predicted molar refractivity (Wildman–Crippen MR) is 128 cm³/mol. The number of carbonyl (C=O) groups is 3. The zero-order chi connectivity index (χ0) is 25.2. The van der Waals surface area contributed by atoms with Gasteiger partial charge in [0.25, 0.3) is 11.8 Å². The molecule has 0 saturated heterocycles. The Kier molecular flexibility index (Phi) is 8.96. The second-order valence-electron chi connectivity index (χ2n) is 7.17. The van der Waals surface area contributed by atoms with Gasteiger partial charge in [-0.05, 0) is 52.9 Å². The van der Waals surface area contributed by atoms with Gasteiger partial charge in [0.2, 0.25) is 0 Å². The van der Waals surface area contributed by atoms with E-state index in [1.54, 1.807) is 30.3 Å². The Morgan fingerprint density at radius 1 is 1.09 bits per heavy atom. The van der Waals surface area contributed by atoms with Crippen LogP contribution in [0.1, 0.15) is 22.0 Å². The molecule has 0 radical (unpaired) electrons. The topological polar surface area (TPSA) is 117 Å². The lowest BCUT2D eigenvalue weighted by Gasteiger charge is -2.18. The number of benzene rings is 2. The van der Waals surface area contributed by atoms with Crippen molar-refractivity contribution < 1.29 is 33.0 Å². The molecule has 3 rings (SSSR count). The lowest BCUT2D eigenvalue weighted by atomic mass is 10.1. The highest BCUT2D eigenvalue weighted by Crippen LogP contribution is 2.29. The fraction of sp³-hybridized carbons (Fsp3) is 0.160. The molecular weight excluding hydrogens is 475 g/mol. The number of halogens is 1. The summed E-state index contributed by atoms with van der Waals surface area (Å²) in [5.74, 6) is -1.56. The largest absolute Gasteiger partial charge is 0.493 e. The molecule has 1 unspecified atom stereocenters. The quantitative estimate of drug-likeness (QED) is 0.310. The predicted octanol–water partition coefficient (Wildman–Crippen LogP) is 3.22. The van der Waals surface area contributed by atoms with Crippen molar-refractivity contribution in [3.05, 3.63) is 87.9 Å². The minimum atomic E-state index is -0.720. The van der Waals surface area contributed by atoms with E-state index in [-0.39, 0.29) is 12.4 Å². The van der Waals surface area contributed by atoms with E-state index in [0.717, 1.165) is 4.88 Å². The van der Waals surface area contributed by atoms with Gasteiger partial charge in [-0.1, -0.05) is 24.3 Å². The highest BCUT2D eigenvalue weighted by Gasteiger charge is 2.18. The number of methoxy groups -OCH3 is 1. The van der Waals surface area contributed by atoms with Crippen molar-refractivity contribution in [3.63, 3.8) is 0 Å². The van der Waals surface area contributed by atoms with Crippen LogP contribution in [0.3, 0.4) is 0 Å². The van der Waals surface area contributed by atoms with Crippen molar-refractivity contribution in [1.82, 2.24) is 5.32 Å². The number of amides is 2. The molecule has 0 aliphatic carbocycles. The Labute approximate surface area is 205 Å². The molecule has 0 aliphatic heterocycles. The summed E-state index contributed by atoms with van der Waals surface area (Å²) in [6, 6.07) is 13.8. The van der Waals surface area contributed by atoms with Crippen LogP contribution in [0.5, 0.6) is 11.5 Å². The molecule has 35 heavy (non-hydrogen) atoms. The molecule has 0 aliphatic rings. The van der Waals surface area contributed by atoms with E-state index < -0.39 is 30.4 Å². The zero-order valence-electron chi connectivity index (χ0n) is 18.7. The molecule has 0 saturated carbocycles. The summed E-state index contributed by atoms with van der Waals surface area (Å²) in [5.41, 5.74) is 6.37. The van der Waals surface area contributed by atoms with Crippen LogP contribution in [0.25, 0.3) is 6.08 Å². The maximum Gasteiger partial charge on any atom is 0.331 e. The molecule has 0 fully saturated rings. The summed E-state index contributed by atoms with van der Waals surface area (Å²) in [5, 5.41) is 4.68. The van der Waals surface area contributed by atoms with Crippen LogP contribution in [0.4, 0.5) is 4.39 Å². The van der Waals surface area contributed by atoms with Gasteiger partial charge in [0.1, 0.15) is 5.82 Å². The number of primary amides is 1. The molecule has 10 heteroatoms. The fourth-order valence-electron chi connectivity index (χ4n) is 3.04. The number of hydrogen-bond acceptors (Lipinski definition) is 7. The summed E-state index contributed by atoms with van der Waals surface area (Å²) in [6.45, 7) is -0.788. The maximum absolute atomic E-state index is 13.3. The first kappa shape index (κ1) is 25.4. The van der Waals surface area contributed by atoms with E-state index >= 15 is 0 Å². The SMILES string of the molecule is COc1cc(/C=C/C(=O)OCC(=O)NC(c2ccc(F)cc2)c2cccs2)ccc1OCC(N)=O. The van der Waals surface area contributed by atoms with Crippen LogP contribution in [-0.2, 0) is 19.1 Å². The van der Waals surface area contributed by atoms with Crippen LogP contribution in [-0.4, -0.2) is 38.1 Å². The van der Waals surface area contributed by atoms with Crippen LogP contribution in [0.2, 0.25) is 0 Å². The average molecular weight is 499 g/mol. The highest BCUT2D eigenvalue weighted by atomic mass is 32.1. The zero-order valence-corrected chi connectivity index (χ0v) is 19.5. The number of rotatable bonds is 11. The molecule has 182 valence electrons. The average Bonchev–Trinajstić information content (AvgIpc) is 3.39. The van der Waals surface area contributed by atoms with Gasteiger partial charge in [-0.15, -0.1) is 11.3 Å². The van der Waals surface area contributed by atoms with Crippen LogP contribution in [0.15, 0.2) is 66.1 Å². The van der Waals surface area contributed by atoms with Gasteiger partial charge in [-0.2, -0.15) is 0 Å². The molecule has 0 bridgehead atoms. The van der Waals surface area contributed by atoms with Crippen molar-refractivity contribution in [2.24, 2.45) is 5.73 Å². The number of carbonyl (C=O) groups excluding carboxylic acids is 3. The molecule has 2 amide bonds. The first-order valence-electron chi connectivity index (χ1n) is 10.4. The third-order valence-corrected chi connectivity index (χ3v) is 5.59. The second kappa shape index (κ2) is 12.3. The van der Waals surface area contributed by atoms with E-state index in [2.05, 4.69) is 5.32 Å². The number of ether oxygens (including phenoxy) is 3. The van der Waals surface area contributed by atoms with Crippen molar-refractivity contribution in [3.8, 4) is 11.5 Å². The molecule has 2 aromatic carbocycles. The van der Waals surface area contributed by atoms with Crippen molar-refractivity contribution in [1.29, 1.82) is 0 Å². The lowest BCUT2D eigenvalue weighted by molar-refractivity contribution is -0.143. The third kappa shape index (κ3) is 7.68. The number of nitrogens with two attached hydrogens (primary N) is 1. The van der Waals surface area contributed by atoms with Gasteiger partial charge in [-0.3, -0.25) is 9.59 Å². The van der Waals surface area contributed by atoms with Crippen LogP contribution >= 0.6 is 11.3 Å². The first-order chi connectivity index (χ1) is 16.9. The van der Waals surface area contributed by atoms with E-state index in [0.29, 0.717) is 22.6 Å². The Morgan fingerprint density at radius 3 is 2.51 bits per heavy atom. The summed E-state index contributed by atoms with van der Waals surface area (Å²) < 4.78 is 28.8. The monoisotopic (exact) mass is 498 g/mol. The molecule has 3 N–H and O–H groups in total. The number of thiophene rings is 1. The van der Waals surface area contributed by atoms with E-state index in [4.69, 9.17) is 19.9 Å². The van der Waals surface area contributed by atoms with E-state index in [9.17, 15) is 18.8 Å².